The molecule has 0 aromatic carbocycles. The number of urea groups is 1. The van der Waals surface area contributed by atoms with Crippen LogP contribution in [0.25, 0.3) is 0 Å². The first-order valence-electron chi connectivity index (χ1n) is 3.20. The summed E-state index contributed by atoms with van der Waals surface area (Å²) in [4.78, 5) is 20.3. The minimum Gasteiger partial charge on any atom is -0.341 e. The zero-order valence-corrected chi connectivity index (χ0v) is 6.02. The SMILES string of the molecule is CNC(=O)NCCCC=O. The first kappa shape index (κ1) is 8.94. The largest absolute Gasteiger partial charge is 0.341 e. The van der Waals surface area contributed by atoms with E-state index in [0.717, 1.165) is 6.29 Å². The van der Waals surface area contributed by atoms with Crippen LogP contribution in [0.5, 0.6) is 0 Å². The molecule has 0 saturated carbocycles. The molecule has 0 rings (SSSR count). The van der Waals surface area contributed by atoms with Crippen molar-refractivity contribution in [1.29, 1.82) is 0 Å². The Morgan fingerprint density at radius 1 is 1.60 bits per heavy atom. The molecule has 10 heavy (non-hydrogen) atoms. The summed E-state index contributed by atoms with van der Waals surface area (Å²) in [6.45, 7) is 0.554. The average Bonchev–Trinajstić information content (AvgIpc) is 1.98. The van der Waals surface area contributed by atoms with E-state index in [1.54, 1.807) is 7.05 Å². The minimum absolute atomic E-state index is 0.203. The smallest absolute Gasteiger partial charge is 0.314 e. The predicted molar refractivity (Wildman–Crippen MR) is 37.8 cm³/mol. The summed E-state index contributed by atoms with van der Waals surface area (Å²) in [7, 11) is 1.55. The fourth-order valence-corrected chi connectivity index (χ4v) is 0.476. The summed E-state index contributed by atoms with van der Waals surface area (Å²) in [5, 5.41) is 4.96. The summed E-state index contributed by atoms with van der Waals surface area (Å²) >= 11 is 0. The van der Waals surface area contributed by atoms with Gasteiger partial charge in [-0.1, -0.05) is 0 Å². The van der Waals surface area contributed by atoms with E-state index in [2.05, 4.69) is 10.6 Å². The van der Waals surface area contributed by atoms with Gasteiger partial charge in [-0.25, -0.2) is 4.79 Å². The molecule has 0 spiro atoms. The van der Waals surface area contributed by atoms with Gasteiger partial charge in [-0.05, 0) is 6.42 Å². The van der Waals surface area contributed by atoms with Crippen LogP contribution in [0.3, 0.4) is 0 Å². The number of hydrogen-bond acceptors (Lipinski definition) is 2. The van der Waals surface area contributed by atoms with Crippen LogP contribution >= 0.6 is 0 Å². The third kappa shape index (κ3) is 5.08. The maximum atomic E-state index is 10.5. The third-order valence-corrected chi connectivity index (χ3v) is 1.01. The van der Waals surface area contributed by atoms with Crippen LogP contribution in [-0.2, 0) is 4.79 Å². The summed E-state index contributed by atoms with van der Waals surface area (Å²) in [6.07, 6.45) is 2.05. The lowest BCUT2D eigenvalue weighted by atomic mass is 10.3. The van der Waals surface area contributed by atoms with E-state index >= 15 is 0 Å². The molecule has 0 aromatic heterocycles. The molecule has 2 amide bonds. The molecule has 0 aromatic rings. The monoisotopic (exact) mass is 144 g/mol. The number of amides is 2. The topological polar surface area (TPSA) is 58.2 Å². The van der Waals surface area contributed by atoms with Gasteiger partial charge in [0, 0.05) is 20.0 Å². The number of nitrogens with one attached hydrogen (secondary N) is 2. The van der Waals surface area contributed by atoms with E-state index in [-0.39, 0.29) is 6.03 Å². The van der Waals surface area contributed by atoms with Gasteiger partial charge in [0.15, 0.2) is 0 Å². The average molecular weight is 144 g/mol. The van der Waals surface area contributed by atoms with Crippen LogP contribution in [0, 0.1) is 0 Å². The fraction of sp³-hybridized carbons (Fsp3) is 0.667. The molecule has 0 aliphatic heterocycles. The second-order valence-electron chi connectivity index (χ2n) is 1.81. The lowest BCUT2D eigenvalue weighted by Gasteiger charge is -2.00. The highest BCUT2D eigenvalue weighted by Gasteiger charge is 1.92. The first-order chi connectivity index (χ1) is 4.81. The normalized spacial score (nSPS) is 8.50. The number of aldehydes is 1. The van der Waals surface area contributed by atoms with E-state index in [0.29, 0.717) is 19.4 Å². The van der Waals surface area contributed by atoms with Crippen molar-refractivity contribution in [2.75, 3.05) is 13.6 Å². The second-order valence-corrected chi connectivity index (χ2v) is 1.81. The maximum absolute atomic E-state index is 10.5. The quantitative estimate of drug-likeness (QED) is 0.427. The van der Waals surface area contributed by atoms with Gasteiger partial charge in [-0.15, -0.1) is 0 Å². The third-order valence-electron chi connectivity index (χ3n) is 1.01. The summed E-state index contributed by atoms with van der Waals surface area (Å²) in [5.74, 6) is 0. The van der Waals surface area contributed by atoms with Gasteiger partial charge in [0.05, 0.1) is 0 Å². The maximum Gasteiger partial charge on any atom is 0.314 e. The van der Waals surface area contributed by atoms with Gasteiger partial charge < -0.3 is 15.4 Å². The van der Waals surface area contributed by atoms with Gasteiger partial charge in [0.25, 0.3) is 0 Å². The van der Waals surface area contributed by atoms with Gasteiger partial charge in [0.1, 0.15) is 6.29 Å². The van der Waals surface area contributed by atoms with Crippen LogP contribution < -0.4 is 10.6 Å². The van der Waals surface area contributed by atoms with E-state index in [1.165, 1.54) is 0 Å². The van der Waals surface area contributed by atoms with Crippen molar-refractivity contribution in [2.45, 2.75) is 12.8 Å². The Morgan fingerprint density at radius 3 is 2.80 bits per heavy atom. The standard InChI is InChI=1S/C6H12N2O2/c1-7-6(10)8-4-2-3-5-9/h5H,2-4H2,1H3,(H2,7,8,10). The van der Waals surface area contributed by atoms with E-state index in [9.17, 15) is 9.59 Å². The van der Waals surface area contributed by atoms with Crippen LogP contribution in [-0.4, -0.2) is 25.9 Å². The van der Waals surface area contributed by atoms with Gasteiger partial charge in [-0.3, -0.25) is 0 Å². The summed E-state index contributed by atoms with van der Waals surface area (Å²) < 4.78 is 0. The molecule has 0 bridgehead atoms. The van der Waals surface area contributed by atoms with Gasteiger partial charge in [-0.2, -0.15) is 0 Å². The van der Waals surface area contributed by atoms with Crippen LogP contribution in [0.4, 0.5) is 4.79 Å². The van der Waals surface area contributed by atoms with E-state index < -0.39 is 0 Å². The fourth-order valence-electron chi connectivity index (χ4n) is 0.476. The second kappa shape index (κ2) is 6.07. The number of unbranched alkanes of at least 4 members (excludes halogenated alkanes) is 1. The molecule has 0 saturated heterocycles. The van der Waals surface area contributed by atoms with Crippen molar-refractivity contribution in [3.8, 4) is 0 Å². The molecule has 4 nitrogen and oxygen atoms in total. The van der Waals surface area contributed by atoms with Crippen molar-refractivity contribution < 1.29 is 9.59 Å². The highest BCUT2D eigenvalue weighted by molar-refractivity contribution is 5.73. The van der Waals surface area contributed by atoms with Crippen molar-refractivity contribution in [1.82, 2.24) is 10.6 Å². The zero-order valence-electron chi connectivity index (χ0n) is 6.02. The van der Waals surface area contributed by atoms with E-state index in [4.69, 9.17) is 0 Å². The first-order valence-corrected chi connectivity index (χ1v) is 3.20. The number of carbonyl (C=O) groups is 2. The molecule has 0 aliphatic rings. The summed E-state index contributed by atoms with van der Waals surface area (Å²) in [5.41, 5.74) is 0. The predicted octanol–water partition coefficient (Wildman–Crippen LogP) is -0.106. The summed E-state index contributed by atoms with van der Waals surface area (Å²) in [6, 6.07) is -0.203. The van der Waals surface area contributed by atoms with Crippen molar-refractivity contribution in [2.24, 2.45) is 0 Å². The Balaban J connectivity index is 3.03. The number of rotatable bonds is 4. The molecule has 58 valence electrons. The molecule has 0 fully saturated rings. The van der Waals surface area contributed by atoms with Crippen molar-refractivity contribution in [3.05, 3.63) is 0 Å². The molecular weight excluding hydrogens is 132 g/mol. The molecule has 4 heteroatoms. The molecule has 0 heterocycles. The van der Waals surface area contributed by atoms with Crippen LogP contribution in [0.1, 0.15) is 12.8 Å². The Bertz CT molecular complexity index is 114. The highest BCUT2D eigenvalue weighted by atomic mass is 16.2. The molecule has 0 aliphatic carbocycles. The van der Waals surface area contributed by atoms with Crippen LogP contribution in [0.15, 0.2) is 0 Å². The van der Waals surface area contributed by atoms with Crippen molar-refractivity contribution in [3.63, 3.8) is 0 Å². The van der Waals surface area contributed by atoms with Gasteiger partial charge >= 0.3 is 6.03 Å². The zero-order chi connectivity index (χ0) is 7.82. The molecular formula is C6H12N2O2. The van der Waals surface area contributed by atoms with E-state index in [1.807, 2.05) is 0 Å². The van der Waals surface area contributed by atoms with Gasteiger partial charge in [0.2, 0.25) is 0 Å². The number of hydrogen-bond donors (Lipinski definition) is 2. The minimum atomic E-state index is -0.203. The van der Waals surface area contributed by atoms with Crippen LogP contribution in [0.2, 0.25) is 0 Å². The molecule has 2 N–H and O–H groups in total. The number of carbonyl (C=O) groups excluding carboxylic acids is 2. The molecule has 0 atom stereocenters. The Kier molecular flexibility index (Phi) is 5.42. The Morgan fingerprint density at radius 2 is 2.30 bits per heavy atom. The highest BCUT2D eigenvalue weighted by Crippen LogP contribution is 1.79. The molecule has 0 unspecified atom stereocenters. The Hall–Kier alpha value is -1.06. The molecule has 0 radical (unpaired) electrons. The lowest BCUT2D eigenvalue weighted by molar-refractivity contribution is -0.107. The lowest BCUT2D eigenvalue weighted by Crippen LogP contribution is -2.33. The Labute approximate surface area is 60.0 Å². The van der Waals surface area contributed by atoms with Crippen molar-refractivity contribution >= 4 is 12.3 Å².